The zero-order chi connectivity index (χ0) is 15.5. The molecule has 1 aliphatic rings. The van der Waals surface area contributed by atoms with E-state index < -0.39 is 0 Å². The molecular formula is C18H20N2O2. The fraction of sp³-hybridized carbons (Fsp3) is 0.278. The second kappa shape index (κ2) is 6.10. The van der Waals surface area contributed by atoms with E-state index in [1.807, 2.05) is 48.5 Å². The van der Waals surface area contributed by atoms with Crippen LogP contribution >= 0.6 is 0 Å². The van der Waals surface area contributed by atoms with Gasteiger partial charge in [0.15, 0.2) is 0 Å². The number of methoxy groups -OCH3 is 1. The van der Waals surface area contributed by atoms with Gasteiger partial charge in [-0.2, -0.15) is 0 Å². The Bertz CT molecular complexity index is 650. The molecule has 0 heterocycles. The molecule has 1 aliphatic carbocycles. The van der Waals surface area contributed by atoms with Crippen LogP contribution in [0.2, 0.25) is 0 Å². The summed E-state index contributed by atoms with van der Waals surface area (Å²) in [5, 5.41) is 6.27. The van der Waals surface area contributed by atoms with Gasteiger partial charge in [0, 0.05) is 23.0 Å². The topological polar surface area (TPSA) is 50.4 Å². The maximum atomic E-state index is 11.9. The third-order valence-corrected chi connectivity index (χ3v) is 3.98. The number of hydrogen-bond donors (Lipinski definition) is 2. The van der Waals surface area contributed by atoms with E-state index in [1.54, 1.807) is 7.11 Å². The van der Waals surface area contributed by atoms with Gasteiger partial charge in [-0.15, -0.1) is 0 Å². The van der Waals surface area contributed by atoms with Crippen molar-refractivity contribution in [3.05, 3.63) is 48.5 Å². The molecule has 1 fully saturated rings. The molecule has 1 saturated carbocycles. The van der Waals surface area contributed by atoms with E-state index in [1.165, 1.54) is 0 Å². The van der Waals surface area contributed by atoms with Gasteiger partial charge in [0.1, 0.15) is 5.75 Å². The molecule has 114 valence electrons. The van der Waals surface area contributed by atoms with Crippen LogP contribution in [0.25, 0.3) is 0 Å². The van der Waals surface area contributed by atoms with Gasteiger partial charge in [-0.3, -0.25) is 4.79 Å². The molecule has 22 heavy (non-hydrogen) atoms. The van der Waals surface area contributed by atoms with E-state index in [0.717, 1.165) is 29.2 Å². The molecule has 0 bridgehead atoms. The summed E-state index contributed by atoms with van der Waals surface area (Å²) in [6, 6.07) is 15.5. The Kier molecular flexibility index (Phi) is 4.00. The van der Waals surface area contributed by atoms with Crippen molar-refractivity contribution in [3.8, 4) is 5.75 Å². The second-order valence-corrected chi connectivity index (χ2v) is 5.74. The Morgan fingerprint density at radius 3 is 2.00 bits per heavy atom. The minimum absolute atomic E-state index is 0.128. The minimum atomic E-state index is 0.128. The Balaban J connectivity index is 1.59. The maximum absolute atomic E-state index is 11.9. The van der Waals surface area contributed by atoms with Crippen LogP contribution in [0.3, 0.4) is 0 Å². The molecule has 0 aliphatic heterocycles. The summed E-state index contributed by atoms with van der Waals surface area (Å²) in [5.41, 5.74) is 2.80. The van der Waals surface area contributed by atoms with Crippen molar-refractivity contribution >= 4 is 23.0 Å². The first-order valence-corrected chi connectivity index (χ1v) is 7.48. The molecule has 4 heteroatoms. The summed E-state index contributed by atoms with van der Waals surface area (Å²) in [6.07, 6.45) is 1.00. The van der Waals surface area contributed by atoms with Crippen molar-refractivity contribution in [3.63, 3.8) is 0 Å². The van der Waals surface area contributed by atoms with Crippen LogP contribution in [-0.4, -0.2) is 13.0 Å². The maximum Gasteiger partial charge on any atom is 0.227 e. The van der Waals surface area contributed by atoms with Crippen LogP contribution in [-0.2, 0) is 4.79 Å². The fourth-order valence-corrected chi connectivity index (χ4v) is 2.40. The van der Waals surface area contributed by atoms with E-state index in [-0.39, 0.29) is 11.8 Å². The second-order valence-electron chi connectivity index (χ2n) is 5.74. The van der Waals surface area contributed by atoms with Crippen molar-refractivity contribution in [2.75, 3.05) is 17.7 Å². The zero-order valence-electron chi connectivity index (χ0n) is 12.8. The first-order valence-electron chi connectivity index (χ1n) is 7.48. The standard InChI is InChI=1S/C18H20N2O2/c1-12-11-17(12)18(21)20-15-5-3-13(4-6-15)19-14-7-9-16(22-2)10-8-14/h3-10,12,17,19H,11H2,1-2H3,(H,20,21)/t12-,17-/m0/s1. The van der Waals surface area contributed by atoms with E-state index >= 15 is 0 Å². The average molecular weight is 296 g/mol. The molecule has 3 rings (SSSR count). The monoisotopic (exact) mass is 296 g/mol. The summed E-state index contributed by atoms with van der Waals surface area (Å²) >= 11 is 0. The number of nitrogens with one attached hydrogen (secondary N) is 2. The lowest BCUT2D eigenvalue weighted by Gasteiger charge is -2.09. The Hall–Kier alpha value is -2.49. The van der Waals surface area contributed by atoms with Gasteiger partial charge in [-0.05, 0) is 60.9 Å². The lowest BCUT2D eigenvalue weighted by Crippen LogP contribution is -2.14. The summed E-state index contributed by atoms with van der Waals surface area (Å²) in [6.45, 7) is 2.10. The zero-order valence-corrected chi connectivity index (χ0v) is 12.8. The summed E-state index contributed by atoms with van der Waals surface area (Å²) in [5.74, 6) is 1.68. The predicted octanol–water partition coefficient (Wildman–Crippen LogP) is 4.03. The molecule has 0 radical (unpaired) electrons. The van der Waals surface area contributed by atoms with Gasteiger partial charge >= 0.3 is 0 Å². The Morgan fingerprint density at radius 1 is 1.00 bits per heavy atom. The number of ether oxygens (including phenoxy) is 1. The molecule has 0 unspecified atom stereocenters. The van der Waals surface area contributed by atoms with E-state index in [9.17, 15) is 4.79 Å². The number of benzene rings is 2. The van der Waals surface area contributed by atoms with Gasteiger partial charge < -0.3 is 15.4 Å². The lowest BCUT2D eigenvalue weighted by atomic mass is 10.2. The van der Waals surface area contributed by atoms with Crippen molar-refractivity contribution in [1.82, 2.24) is 0 Å². The first-order chi connectivity index (χ1) is 10.7. The van der Waals surface area contributed by atoms with Crippen molar-refractivity contribution in [2.24, 2.45) is 11.8 Å². The smallest absolute Gasteiger partial charge is 0.227 e. The lowest BCUT2D eigenvalue weighted by molar-refractivity contribution is -0.117. The first kappa shape index (κ1) is 14.4. The highest BCUT2D eigenvalue weighted by molar-refractivity contribution is 5.94. The van der Waals surface area contributed by atoms with E-state index in [2.05, 4.69) is 17.6 Å². The van der Waals surface area contributed by atoms with Crippen LogP contribution in [0.4, 0.5) is 17.1 Å². The van der Waals surface area contributed by atoms with Crippen LogP contribution in [0.1, 0.15) is 13.3 Å². The minimum Gasteiger partial charge on any atom is -0.497 e. The highest BCUT2D eigenvalue weighted by atomic mass is 16.5. The summed E-state index contributed by atoms with van der Waals surface area (Å²) in [7, 11) is 1.65. The quantitative estimate of drug-likeness (QED) is 0.875. The van der Waals surface area contributed by atoms with E-state index in [0.29, 0.717) is 5.92 Å². The average Bonchev–Trinajstić information content (AvgIpc) is 3.27. The van der Waals surface area contributed by atoms with Crippen LogP contribution < -0.4 is 15.4 Å². The largest absolute Gasteiger partial charge is 0.497 e. The van der Waals surface area contributed by atoms with Gasteiger partial charge in [0.2, 0.25) is 5.91 Å². The normalized spacial score (nSPS) is 19.4. The molecule has 2 aromatic rings. The van der Waals surface area contributed by atoms with Gasteiger partial charge in [-0.25, -0.2) is 0 Å². The molecule has 0 saturated heterocycles. The molecule has 1 amide bonds. The summed E-state index contributed by atoms with van der Waals surface area (Å²) < 4.78 is 5.14. The molecule has 2 N–H and O–H groups in total. The van der Waals surface area contributed by atoms with Crippen molar-refractivity contribution < 1.29 is 9.53 Å². The Labute approximate surface area is 130 Å². The summed E-state index contributed by atoms with van der Waals surface area (Å²) in [4.78, 5) is 11.9. The van der Waals surface area contributed by atoms with Gasteiger partial charge in [-0.1, -0.05) is 6.92 Å². The number of carbonyl (C=O) groups is 1. The Morgan fingerprint density at radius 2 is 1.50 bits per heavy atom. The molecule has 2 atom stereocenters. The molecule has 0 spiro atoms. The SMILES string of the molecule is COc1ccc(Nc2ccc(NC(=O)[C@H]3C[C@@H]3C)cc2)cc1. The van der Waals surface area contributed by atoms with Crippen molar-refractivity contribution in [1.29, 1.82) is 0 Å². The highest BCUT2D eigenvalue weighted by Gasteiger charge is 2.38. The number of amides is 1. The van der Waals surface area contributed by atoms with Gasteiger partial charge in [0.25, 0.3) is 0 Å². The molecule has 2 aromatic carbocycles. The van der Waals surface area contributed by atoms with Crippen LogP contribution in [0, 0.1) is 11.8 Å². The van der Waals surface area contributed by atoms with Gasteiger partial charge in [0.05, 0.1) is 7.11 Å². The molecule has 0 aromatic heterocycles. The number of anilines is 3. The number of carbonyl (C=O) groups excluding carboxylic acids is 1. The predicted molar refractivity (Wildman–Crippen MR) is 88.6 cm³/mol. The third kappa shape index (κ3) is 3.39. The molecule has 4 nitrogen and oxygen atoms in total. The number of rotatable bonds is 5. The third-order valence-electron chi connectivity index (χ3n) is 3.98. The molecular weight excluding hydrogens is 276 g/mol. The van der Waals surface area contributed by atoms with Crippen LogP contribution in [0.15, 0.2) is 48.5 Å². The van der Waals surface area contributed by atoms with Crippen molar-refractivity contribution in [2.45, 2.75) is 13.3 Å². The van der Waals surface area contributed by atoms with E-state index in [4.69, 9.17) is 4.74 Å². The highest BCUT2D eigenvalue weighted by Crippen LogP contribution is 2.38. The van der Waals surface area contributed by atoms with Crippen LogP contribution in [0.5, 0.6) is 5.75 Å². The number of hydrogen-bond acceptors (Lipinski definition) is 3. The fourth-order valence-electron chi connectivity index (χ4n) is 2.40.